The highest BCUT2D eigenvalue weighted by atomic mass is 35.5. The molecule has 2 rings (SSSR count). The second kappa shape index (κ2) is 6.43. The monoisotopic (exact) mass is 309 g/mol. The first kappa shape index (κ1) is 15.1. The van der Waals surface area contributed by atoms with Crippen LogP contribution in [0.25, 0.3) is 0 Å². The van der Waals surface area contributed by atoms with Crippen LogP contribution in [-0.4, -0.2) is 38.0 Å². The van der Waals surface area contributed by atoms with Gasteiger partial charge in [0, 0.05) is 10.6 Å². The summed E-state index contributed by atoms with van der Waals surface area (Å²) in [5, 5.41) is 3.51. The molecule has 0 aromatic heterocycles. The fraction of sp³-hybridized carbons (Fsp3) is 0.417. The van der Waals surface area contributed by atoms with Crippen molar-refractivity contribution in [1.29, 1.82) is 0 Å². The molecule has 1 heterocycles. The Kier molecular flexibility index (Phi) is 4.85. The summed E-state index contributed by atoms with van der Waals surface area (Å²) in [6.45, 7) is 0.284. The molecule has 4 nitrogen and oxygen atoms in total. The van der Waals surface area contributed by atoms with Crippen LogP contribution in [0.1, 0.15) is 5.56 Å². The maximum Gasteiger partial charge on any atom is 0.437 e. The molecule has 1 unspecified atom stereocenters. The zero-order valence-electron chi connectivity index (χ0n) is 10.2. The highest BCUT2D eigenvalue weighted by Crippen LogP contribution is 2.24. The van der Waals surface area contributed by atoms with E-state index in [9.17, 15) is 13.2 Å². The Labute approximate surface area is 118 Å². The first-order chi connectivity index (χ1) is 9.47. The highest BCUT2D eigenvalue weighted by Gasteiger charge is 2.38. The minimum Gasteiger partial charge on any atom is -0.392 e. The Morgan fingerprint density at radius 3 is 2.60 bits per heavy atom. The number of alkyl halides is 3. The van der Waals surface area contributed by atoms with Crippen molar-refractivity contribution in [2.24, 2.45) is 5.16 Å². The van der Waals surface area contributed by atoms with Gasteiger partial charge in [0.25, 0.3) is 0 Å². The average Bonchev–Trinajstić information content (AvgIpc) is 2.88. The molecule has 8 heteroatoms. The Bertz CT molecular complexity index is 470. The molecule has 0 radical (unpaired) electrons. The van der Waals surface area contributed by atoms with Crippen molar-refractivity contribution >= 4 is 17.3 Å². The summed E-state index contributed by atoms with van der Waals surface area (Å²) in [6.07, 6.45) is -5.03. The van der Waals surface area contributed by atoms with Crippen LogP contribution in [0.3, 0.4) is 0 Å². The van der Waals surface area contributed by atoms with Gasteiger partial charge in [-0.05, 0) is 12.1 Å². The summed E-state index contributed by atoms with van der Waals surface area (Å²) in [5.41, 5.74) is -1.24. The lowest BCUT2D eigenvalue weighted by molar-refractivity contribution is -0.0631. The van der Waals surface area contributed by atoms with E-state index in [-0.39, 0.29) is 25.6 Å². The first-order valence-corrected chi connectivity index (χ1v) is 6.07. The topological polar surface area (TPSA) is 40.0 Å². The zero-order chi connectivity index (χ0) is 14.6. The fourth-order valence-corrected chi connectivity index (χ4v) is 1.66. The molecule has 1 saturated heterocycles. The van der Waals surface area contributed by atoms with E-state index in [1.54, 1.807) is 0 Å². The van der Waals surface area contributed by atoms with Gasteiger partial charge in [0.05, 0.1) is 6.61 Å². The SMILES string of the molecule is FC(F)(F)C(=NOCC1COCO1)c1ccc(Cl)cc1. The first-order valence-electron chi connectivity index (χ1n) is 5.69. The smallest absolute Gasteiger partial charge is 0.392 e. The summed E-state index contributed by atoms with van der Waals surface area (Å²) in [6, 6.07) is 5.17. The maximum absolute atomic E-state index is 12.9. The van der Waals surface area contributed by atoms with E-state index in [2.05, 4.69) is 5.16 Å². The summed E-state index contributed by atoms with van der Waals surface area (Å²) < 4.78 is 48.6. The van der Waals surface area contributed by atoms with Gasteiger partial charge in [0.2, 0.25) is 0 Å². The van der Waals surface area contributed by atoms with Crippen molar-refractivity contribution in [3.05, 3.63) is 34.9 Å². The highest BCUT2D eigenvalue weighted by molar-refractivity contribution is 6.30. The van der Waals surface area contributed by atoms with Crippen LogP contribution in [-0.2, 0) is 14.3 Å². The van der Waals surface area contributed by atoms with Crippen LogP contribution < -0.4 is 0 Å². The van der Waals surface area contributed by atoms with Crippen molar-refractivity contribution in [2.45, 2.75) is 12.3 Å². The number of halogens is 4. The third-order valence-corrected chi connectivity index (χ3v) is 2.75. The van der Waals surface area contributed by atoms with Crippen molar-refractivity contribution < 1.29 is 27.5 Å². The molecule has 1 atom stereocenters. The molecule has 20 heavy (non-hydrogen) atoms. The van der Waals surface area contributed by atoms with Crippen molar-refractivity contribution in [3.8, 4) is 0 Å². The van der Waals surface area contributed by atoms with E-state index in [0.29, 0.717) is 5.02 Å². The van der Waals surface area contributed by atoms with E-state index < -0.39 is 18.0 Å². The van der Waals surface area contributed by atoms with Crippen LogP contribution in [0.5, 0.6) is 0 Å². The molecule has 0 saturated carbocycles. The second-order valence-electron chi connectivity index (χ2n) is 4.02. The molecule has 1 aliphatic heterocycles. The Morgan fingerprint density at radius 1 is 1.35 bits per heavy atom. The summed E-state index contributed by atoms with van der Waals surface area (Å²) in [4.78, 5) is 4.72. The van der Waals surface area contributed by atoms with Gasteiger partial charge in [-0.15, -0.1) is 0 Å². The molecule has 0 N–H and O–H groups in total. The average molecular weight is 310 g/mol. The van der Waals surface area contributed by atoms with Crippen LogP contribution in [0.2, 0.25) is 5.02 Å². The lowest BCUT2D eigenvalue weighted by Gasteiger charge is -2.11. The van der Waals surface area contributed by atoms with E-state index >= 15 is 0 Å². The lowest BCUT2D eigenvalue weighted by atomic mass is 10.1. The fourth-order valence-electron chi connectivity index (χ4n) is 1.53. The predicted molar refractivity (Wildman–Crippen MR) is 65.7 cm³/mol. The summed E-state index contributed by atoms with van der Waals surface area (Å²) in [7, 11) is 0. The van der Waals surface area contributed by atoms with Gasteiger partial charge in [-0.1, -0.05) is 28.9 Å². The van der Waals surface area contributed by atoms with Crippen molar-refractivity contribution in [3.63, 3.8) is 0 Å². The standard InChI is InChI=1S/C12H11ClF3NO3/c13-9-3-1-8(2-4-9)11(12(14,15)16)17-20-6-10-5-18-7-19-10/h1-4,10H,5-7H2. The Hall–Kier alpha value is -1.31. The number of benzene rings is 1. The van der Waals surface area contributed by atoms with E-state index in [1.165, 1.54) is 24.3 Å². The van der Waals surface area contributed by atoms with Crippen LogP contribution >= 0.6 is 11.6 Å². The molecule has 0 amide bonds. The normalized spacial score (nSPS) is 20.2. The van der Waals surface area contributed by atoms with E-state index in [1.807, 2.05) is 0 Å². The third kappa shape index (κ3) is 4.09. The van der Waals surface area contributed by atoms with Gasteiger partial charge in [0.1, 0.15) is 19.5 Å². The number of ether oxygens (including phenoxy) is 2. The number of rotatable bonds is 4. The third-order valence-electron chi connectivity index (χ3n) is 2.49. The van der Waals surface area contributed by atoms with Gasteiger partial charge >= 0.3 is 6.18 Å². The number of hydrogen-bond donors (Lipinski definition) is 0. The molecule has 1 aliphatic rings. The van der Waals surface area contributed by atoms with Gasteiger partial charge in [-0.3, -0.25) is 0 Å². The van der Waals surface area contributed by atoms with Gasteiger partial charge in [0.15, 0.2) is 5.71 Å². The van der Waals surface area contributed by atoms with Gasteiger partial charge in [-0.2, -0.15) is 13.2 Å². The maximum atomic E-state index is 12.9. The molecule has 0 spiro atoms. The Balaban J connectivity index is 2.08. The number of oxime groups is 1. The van der Waals surface area contributed by atoms with Gasteiger partial charge in [-0.25, -0.2) is 0 Å². The van der Waals surface area contributed by atoms with Crippen LogP contribution in [0.15, 0.2) is 29.4 Å². The van der Waals surface area contributed by atoms with Crippen LogP contribution in [0, 0.1) is 0 Å². The van der Waals surface area contributed by atoms with E-state index in [4.69, 9.17) is 25.9 Å². The minimum absolute atomic E-state index is 0.104. The molecule has 1 fully saturated rings. The van der Waals surface area contributed by atoms with E-state index in [0.717, 1.165) is 0 Å². The number of hydrogen-bond acceptors (Lipinski definition) is 4. The molecule has 110 valence electrons. The van der Waals surface area contributed by atoms with Gasteiger partial charge < -0.3 is 14.3 Å². The molecule has 1 aromatic carbocycles. The van der Waals surface area contributed by atoms with Crippen LogP contribution in [0.4, 0.5) is 13.2 Å². The summed E-state index contributed by atoms with van der Waals surface area (Å²) in [5.74, 6) is 0. The largest absolute Gasteiger partial charge is 0.437 e. The second-order valence-corrected chi connectivity index (χ2v) is 4.45. The zero-order valence-corrected chi connectivity index (χ0v) is 10.9. The quantitative estimate of drug-likeness (QED) is 0.634. The number of nitrogens with zero attached hydrogens (tertiary/aromatic N) is 1. The molecule has 0 aliphatic carbocycles. The molecular formula is C12H11ClF3NO3. The summed E-state index contributed by atoms with van der Waals surface area (Å²) >= 11 is 5.64. The Morgan fingerprint density at radius 2 is 2.05 bits per heavy atom. The minimum atomic E-state index is -4.62. The van der Waals surface area contributed by atoms with Crippen molar-refractivity contribution in [2.75, 3.05) is 20.0 Å². The predicted octanol–water partition coefficient (Wildman–Crippen LogP) is 3.00. The molecule has 1 aromatic rings. The van der Waals surface area contributed by atoms with Crippen molar-refractivity contribution in [1.82, 2.24) is 0 Å². The molecular weight excluding hydrogens is 299 g/mol. The lowest BCUT2D eigenvalue weighted by Crippen LogP contribution is -2.25. The molecule has 0 bridgehead atoms.